The predicted molar refractivity (Wildman–Crippen MR) is 62.1 cm³/mol. The number of benzene rings is 1. The van der Waals surface area contributed by atoms with Crippen molar-refractivity contribution < 1.29 is 13.9 Å². The minimum atomic E-state index is -0.568. The normalized spacial score (nSPS) is 22.9. The second-order valence-electron chi connectivity index (χ2n) is 4.24. The van der Waals surface area contributed by atoms with Gasteiger partial charge in [0.05, 0.1) is 11.8 Å². The topological polar surface area (TPSA) is 64.3 Å². The van der Waals surface area contributed by atoms with Crippen LogP contribution in [0, 0.1) is 5.82 Å². The van der Waals surface area contributed by atoms with Crippen LogP contribution in [-0.2, 0) is 4.74 Å². The number of hydrogen-bond acceptors (Lipinski definition) is 3. The number of rotatable bonds is 3. The summed E-state index contributed by atoms with van der Waals surface area (Å²) in [5.41, 5.74) is 5.68. The van der Waals surface area contributed by atoms with E-state index in [1.807, 2.05) is 0 Å². The molecule has 0 saturated heterocycles. The summed E-state index contributed by atoms with van der Waals surface area (Å²) >= 11 is 0. The monoisotopic (exact) mass is 238 g/mol. The van der Waals surface area contributed by atoms with E-state index >= 15 is 0 Å². The Labute approximate surface area is 98.9 Å². The number of ether oxygens (including phenoxy) is 1. The Morgan fingerprint density at radius 2 is 2.24 bits per heavy atom. The third-order valence-corrected chi connectivity index (χ3v) is 3.03. The van der Waals surface area contributed by atoms with Crippen molar-refractivity contribution in [3.8, 4) is 0 Å². The Bertz CT molecular complexity index is 431. The van der Waals surface area contributed by atoms with Crippen molar-refractivity contribution in [1.82, 2.24) is 5.32 Å². The van der Waals surface area contributed by atoms with Gasteiger partial charge in [-0.1, -0.05) is 0 Å². The lowest BCUT2D eigenvalue weighted by Gasteiger charge is -2.34. The van der Waals surface area contributed by atoms with Crippen LogP contribution in [0.1, 0.15) is 23.2 Å². The second kappa shape index (κ2) is 4.71. The molecule has 4 nitrogen and oxygen atoms in total. The number of nitrogen functional groups attached to an aromatic ring is 1. The summed E-state index contributed by atoms with van der Waals surface area (Å²) in [4.78, 5) is 11.7. The van der Waals surface area contributed by atoms with Crippen LogP contribution < -0.4 is 11.1 Å². The molecule has 1 aromatic carbocycles. The summed E-state index contributed by atoms with van der Waals surface area (Å²) < 4.78 is 18.3. The lowest BCUT2D eigenvalue weighted by atomic mass is 9.89. The van der Waals surface area contributed by atoms with Gasteiger partial charge in [0, 0.05) is 18.7 Å². The Morgan fingerprint density at radius 1 is 1.53 bits per heavy atom. The molecule has 0 bridgehead atoms. The smallest absolute Gasteiger partial charge is 0.251 e. The highest BCUT2D eigenvalue weighted by molar-refractivity contribution is 5.94. The Hall–Kier alpha value is -1.62. The molecule has 1 aromatic rings. The van der Waals surface area contributed by atoms with E-state index in [4.69, 9.17) is 10.5 Å². The van der Waals surface area contributed by atoms with E-state index in [9.17, 15) is 9.18 Å². The summed E-state index contributed by atoms with van der Waals surface area (Å²) in [5, 5.41) is 2.82. The number of nitrogens with one attached hydrogen (secondary N) is 1. The molecule has 5 heteroatoms. The quantitative estimate of drug-likeness (QED) is 0.780. The van der Waals surface area contributed by atoms with Gasteiger partial charge < -0.3 is 15.8 Å². The highest BCUT2D eigenvalue weighted by atomic mass is 19.1. The van der Waals surface area contributed by atoms with Gasteiger partial charge in [-0.2, -0.15) is 0 Å². The first-order valence-electron chi connectivity index (χ1n) is 5.49. The molecule has 1 amide bonds. The van der Waals surface area contributed by atoms with Gasteiger partial charge in [0.15, 0.2) is 0 Å². The van der Waals surface area contributed by atoms with Crippen molar-refractivity contribution in [3.63, 3.8) is 0 Å². The Balaban J connectivity index is 1.94. The fourth-order valence-electron chi connectivity index (χ4n) is 1.81. The van der Waals surface area contributed by atoms with Crippen molar-refractivity contribution in [2.24, 2.45) is 0 Å². The van der Waals surface area contributed by atoms with Gasteiger partial charge in [0.2, 0.25) is 0 Å². The molecule has 0 radical (unpaired) electrons. The second-order valence-corrected chi connectivity index (χ2v) is 4.24. The van der Waals surface area contributed by atoms with E-state index in [-0.39, 0.29) is 29.3 Å². The maximum Gasteiger partial charge on any atom is 0.251 e. The molecule has 1 saturated carbocycles. The molecule has 0 aromatic heterocycles. The molecule has 0 heterocycles. The zero-order chi connectivity index (χ0) is 12.4. The number of methoxy groups -OCH3 is 1. The molecule has 1 aliphatic carbocycles. The van der Waals surface area contributed by atoms with E-state index in [1.165, 1.54) is 12.1 Å². The third kappa shape index (κ3) is 2.55. The summed E-state index contributed by atoms with van der Waals surface area (Å²) in [6.07, 6.45) is 1.84. The van der Waals surface area contributed by atoms with Crippen LogP contribution in [-0.4, -0.2) is 25.2 Å². The molecule has 3 N–H and O–H groups in total. The molecule has 0 aliphatic heterocycles. The molecule has 0 unspecified atom stereocenters. The van der Waals surface area contributed by atoms with Crippen LogP contribution in [0.15, 0.2) is 18.2 Å². The van der Waals surface area contributed by atoms with Crippen molar-refractivity contribution in [3.05, 3.63) is 29.6 Å². The summed E-state index contributed by atoms with van der Waals surface area (Å²) in [7, 11) is 1.65. The SMILES string of the molecule is COC1CC(NC(=O)c2ccc(N)c(F)c2)C1. The van der Waals surface area contributed by atoms with E-state index in [2.05, 4.69) is 5.32 Å². The number of hydrogen-bond donors (Lipinski definition) is 2. The molecule has 17 heavy (non-hydrogen) atoms. The Kier molecular flexibility index (Phi) is 3.28. The molecule has 1 fully saturated rings. The maximum atomic E-state index is 13.2. The largest absolute Gasteiger partial charge is 0.396 e. The van der Waals surface area contributed by atoms with Crippen LogP contribution in [0.4, 0.5) is 10.1 Å². The van der Waals surface area contributed by atoms with E-state index in [1.54, 1.807) is 7.11 Å². The van der Waals surface area contributed by atoms with Crippen molar-refractivity contribution in [2.75, 3.05) is 12.8 Å². The van der Waals surface area contributed by atoms with E-state index < -0.39 is 5.82 Å². The lowest BCUT2D eigenvalue weighted by molar-refractivity contribution is 0.0176. The van der Waals surface area contributed by atoms with Gasteiger partial charge in [-0.05, 0) is 31.0 Å². The highest BCUT2D eigenvalue weighted by Crippen LogP contribution is 2.23. The first kappa shape index (κ1) is 11.9. The van der Waals surface area contributed by atoms with Gasteiger partial charge in [-0.25, -0.2) is 4.39 Å². The average Bonchev–Trinajstić information content (AvgIpc) is 2.26. The molecular weight excluding hydrogens is 223 g/mol. The standard InChI is InChI=1S/C12H15FN2O2/c1-17-9-5-8(6-9)15-12(16)7-2-3-11(14)10(13)4-7/h2-4,8-9H,5-6,14H2,1H3,(H,15,16). The predicted octanol–water partition coefficient (Wildman–Crippen LogP) is 1.32. The molecule has 0 atom stereocenters. The number of anilines is 1. The van der Waals surface area contributed by atoms with Gasteiger partial charge >= 0.3 is 0 Å². The van der Waals surface area contributed by atoms with Gasteiger partial charge in [-0.3, -0.25) is 4.79 Å². The highest BCUT2D eigenvalue weighted by Gasteiger charge is 2.30. The first-order chi connectivity index (χ1) is 8.10. The number of halogens is 1. The van der Waals surface area contributed by atoms with Crippen LogP contribution in [0.25, 0.3) is 0 Å². The zero-order valence-electron chi connectivity index (χ0n) is 9.57. The van der Waals surface area contributed by atoms with Gasteiger partial charge in [-0.15, -0.1) is 0 Å². The number of carbonyl (C=O) groups is 1. The lowest BCUT2D eigenvalue weighted by Crippen LogP contribution is -2.47. The number of amides is 1. The number of carbonyl (C=O) groups excluding carboxylic acids is 1. The molecule has 92 valence electrons. The summed E-state index contributed by atoms with van der Waals surface area (Å²) in [6, 6.07) is 4.17. The minimum Gasteiger partial charge on any atom is -0.396 e. The molecular formula is C12H15FN2O2. The van der Waals surface area contributed by atoms with Gasteiger partial charge in [0.25, 0.3) is 5.91 Å². The van der Waals surface area contributed by atoms with Crippen molar-refractivity contribution >= 4 is 11.6 Å². The summed E-state index contributed by atoms with van der Waals surface area (Å²) in [6.45, 7) is 0. The van der Waals surface area contributed by atoms with Crippen molar-refractivity contribution in [1.29, 1.82) is 0 Å². The Morgan fingerprint density at radius 3 is 2.82 bits per heavy atom. The third-order valence-electron chi connectivity index (χ3n) is 3.03. The average molecular weight is 238 g/mol. The fourth-order valence-corrected chi connectivity index (χ4v) is 1.81. The van der Waals surface area contributed by atoms with E-state index in [0.29, 0.717) is 0 Å². The van der Waals surface area contributed by atoms with E-state index in [0.717, 1.165) is 18.9 Å². The van der Waals surface area contributed by atoms with Crippen molar-refractivity contribution in [2.45, 2.75) is 25.0 Å². The fraction of sp³-hybridized carbons (Fsp3) is 0.417. The zero-order valence-corrected chi connectivity index (χ0v) is 9.57. The van der Waals surface area contributed by atoms with Gasteiger partial charge in [0.1, 0.15) is 5.82 Å². The minimum absolute atomic E-state index is 0.0460. The maximum absolute atomic E-state index is 13.2. The first-order valence-corrected chi connectivity index (χ1v) is 5.49. The molecule has 2 rings (SSSR count). The summed E-state index contributed by atoms with van der Waals surface area (Å²) in [5.74, 6) is -0.843. The molecule has 1 aliphatic rings. The molecule has 0 spiro atoms. The van der Waals surface area contributed by atoms with Crippen LogP contribution in [0.5, 0.6) is 0 Å². The number of nitrogens with two attached hydrogens (primary N) is 1. The van der Waals surface area contributed by atoms with Crippen LogP contribution in [0.2, 0.25) is 0 Å². The van der Waals surface area contributed by atoms with Crippen LogP contribution >= 0.6 is 0 Å². The van der Waals surface area contributed by atoms with Crippen LogP contribution in [0.3, 0.4) is 0 Å².